The highest BCUT2D eigenvalue weighted by Crippen LogP contribution is 2.27. The first-order valence-corrected chi connectivity index (χ1v) is 6.12. The van der Waals surface area contributed by atoms with Crippen LogP contribution >= 0.6 is 0 Å². The molecule has 1 aromatic rings. The maximum Gasteiger partial charge on any atom is 0.122 e. The van der Waals surface area contributed by atoms with Crippen LogP contribution in [0.4, 0.5) is 0 Å². The van der Waals surface area contributed by atoms with Crippen molar-refractivity contribution in [2.24, 2.45) is 11.5 Å². The highest BCUT2D eigenvalue weighted by atomic mass is 16.5. The molecule has 4 N–H and O–H groups in total. The number of benzene rings is 1. The van der Waals surface area contributed by atoms with Gasteiger partial charge >= 0.3 is 0 Å². The third-order valence-electron chi connectivity index (χ3n) is 3.12. The third-order valence-corrected chi connectivity index (χ3v) is 3.12. The van der Waals surface area contributed by atoms with Crippen LogP contribution in [0.5, 0.6) is 5.75 Å². The molecule has 1 rings (SSSR count). The second-order valence-electron chi connectivity index (χ2n) is 4.84. The average molecular weight is 236 g/mol. The number of hydrogen-bond acceptors (Lipinski definition) is 3. The molecule has 0 saturated carbocycles. The standard InChI is InChI=1S/C14H24N2O/c1-9-8-14(17-4)10(2)7-12(9)13(16)6-5-11(3)15/h7-8,11,13H,5-6,15-16H2,1-4H3. The molecule has 96 valence electrons. The van der Waals surface area contributed by atoms with E-state index in [-0.39, 0.29) is 12.1 Å². The molecule has 3 nitrogen and oxygen atoms in total. The Morgan fingerprint density at radius 2 is 1.76 bits per heavy atom. The summed E-state index contributed by atoms with van der Waals surface area (Å²) >= 11 is 0. The van der Waals surface area contributed by atoms with Crippen LogP contribution < -0.4 is 16.2 Å². The van der Waals surface area contributed by atoms with Gasteiger partial charge in [0.1, 0.15) is 5.75 Å². The lowest BCUT2D eigenvalue weighted by molar-refractivity contribution is 0.411. The van der Waals surface area contributed by atoms with E-state index in [4.69, 9.17) is 16.2 Å². The van der Waals surface area contributed by atoms with Gasteiger partial charge in [-0.3, -0.25) is 0 Å². The minimum Gasteiger partial charge on any atom is -0.496 e. The van der Waals surface area contributed by atoms with E-state index in [9.17, 15) is 0 Å². The summed E-state index contributed by atoms with van der Waals surface area (Å²) in [5, 5.41) is 0. The van der Waals surface area contributed by atoms with Gasteiger partial charge in [-0.25, -0.2) is 0 Å². The van der Waals surface area contributed by atoms with Crippen molar-refractivity contribution >= 4 is 0 Å². The Morgan fingerprint density at radius 1 is 1.12 bits per heavy atom. The zero-order valence-corrected chi connectivity index (χ0v) is 11.3. The second kappa shape index (κ2) is 6.03. The average Bonchev–Trinajstić information content (AvgIpc) is 2.28. The molecule has 0 bridgehead atoms. The number of nitrogens with two attached hydrogens (primary N) is 2. The van der Waals surface area contributed by atoms with Crippen molar-refractivity contribution in [1.82, 2.24) is 0 Å². The molecule has 0 radical (unpaired) electrons. The first kappa shape index (κ1) is 14.0. The highest BCUT2D eigenvalue weighted by Gasteiger charge is 2.12. The predicted octanol–water partition coefficient (Wildman–Crippen LogP) is 2.44. The summed E-state index contributed by atoms with van der Waals surface area (Å²) in [6.45, 7) is 6.13. The first-order valence-electron chi connectivity index (χ1n) is 6.12. The Hall–Kier alpha value is -1.06. The minimum atomic E-state index is 0.0607. The van der Waals surface area contributed by atoms with Crippen LogP contribution in [0.2, 0.25) is 0 Å². The van der Waals surface area contributed by atoms with E-state index in [1.807, 2.05) is 13.8 Å². The van der Waals surface area contributed by atoms with Gasteiger partial charge in [-0.2, -0.15) is 0 Å². The molecule has 0 amide bonds. The van der Waals surface area contributed by atoms with Crippen LogP contribution in [0.3, 0.4) is 0 Å². The predicted molar refractivity (Wildman–Crippen MR) is 72.3 cm³/mol. The zero-order valence-electron chi connectivity index (χ0n) is 11.3. The SMILES string of the molecule is COc1cc(C)c(C(N)CCC(C)N)cc1C. The van der Waals surface area contributed by atoms with Crippen molar-refractivity contribution in [2.45, 2.75) is 45.7 Å². The molecule has 0 aliphatic rings. The molecule has 0 heterocycles. The van der Waals surface area contributed by atoms with Crippen molar-refractivity contribution < 1.29 is 4.74 Å². The van der Waals surface area contributed by atoms with Crippen LogP contribution in [0.15, 0.2) is 12.1 Å². The van der Waals surface area contributed by atoms with Gasteiger partial charge in [-0.05, 0) is 56.4 Å². The summed E-state index contributed by atoms with van der Waals surface area (Å²) in [5.74, 6) is 0.922. The highest BCUT2D eigenvalue weighted by molar-refractivity contribution is 5.42. The van der Waals surface area contributed by atoms with Crippen LogP contribution in [0.1, 0.15) is 42.5 Å². The molecule has 3 heteroatoms. The molecule has 0 aliphatic carbocycles. The van der Waals surface area contributed by atoms with E-state index >= 15 is 0 Å². The molecule has 1 aromatic carbocycles. The first-order chi connectivity index (χ1) is 7.95. The lowest BCUT2D eigenvalue weighted by Gasteiger charge is -2.18. The van der Waals surface area contributed by atoms with Crippen molar-refractivity contribution in [3.63, 3.8) is 0 Å². The lowest BCUT2D eigenvalue weighted by atomic mass is 9.95. The normalized spacial score (nSPS) is 14.5. The fourth-order valence-electron chi connectivity index (χ4n) is 2.03. The third kappa shape index (κ3) is 3.72. The molecule has 0 aliphatic heterocycles. The smallest absolute Gasteiger partial charge is 0.122 e. The fraction of sp³-hybridized carbons (Fsp3) is 0.571. The van der Waals surface area contributed by atoms with E-state index in [0.29, 0.717) is 0 Å². The molecular weight excluding hydrogens is 212 g/mol. The molecule has 0 spiro atoms. The van der Waals surface area contributed by atoms with Crippen molar-refractivity contribution in [3.05, 3.63) is 28.8 Å². The lowest BCUT2D eigenvalue weighted by Crippen LogP contribution is -2.19. The van der Waals surface area contributed by atoms with Crippen LogP contribution in [-0.4, -0.2) is 13.2 Å². The maximum atomic E-state index is 6.21. The molecule has 0 saturated heterocycles. The van der Waals surface area contributed by atoms with E-state index in [1.165, 1.54) is 11.1 Å². The number of rotatable bonds is 5. The van der Waals surface area contributed by atoms with E-state index in [0.717, 1.165) is 24.2 Å². The molecule has 0 aromatic heterocycles. The number of ether oxygens (including phenoxy) is 1. The van der Waals surface area contributed by atoms with E-state index in [2.05, 4.69) is 19.1 Å². The number of hydrogen-bond donors (Lipinski definition) is 2. The van der Waals surface area contributed by atoms with E-state index in [1.54, 1.807) is 7.11 Å². The summed E-state index contributed by atoms with van der Waals surface area (Å²) in [7, 11) is 1.69. The molecule has 17 heavy (non-hydrogen) atoms. The van der Waals surface area contributed by atoms with E-state index < -0.39 is 0 Å². The summed E-state index contributed by atoms with van der Waals surface area (Å²) in [4.78, 5) is 0. The molecule has 2 atom stereocenters. The fourth-order valence-corrected chi connectivity index (χ4v) is 2.03. The maximum absolute atomic E-state index is 6.21. The summed E-state index contributed by atoms with van der Waals surface area (Å²) in [5.41, 5.74) is 15.5. The van der Waals surface area contributed by atoms with Crippen LogP contribution in [-0.2, 0) is 0 Å². The summed E-state index contributed by atoms with van der Waals surface area (Å²) < 4.78 is 5.30. The number of aryl methyl sites for hydroxylation is 2. The largest absolute Gasteiger partial charge is 0.496 e. The Kier molecular flexibility index (Phi) is 4.97. The van der Waals surface area contributed by atoms with Gasteiger partial charge in [0.25, 0.3) is 0 Å². The van der Waals surface area contributed by atoms with Crippen LogP contribution in [0, 0.1) is 13.8 Å². The van der Waals surface area contributed by atoms with Gasteiger partial charge in [0.15, 0.2) is 0 Å². The molecule has 2 unspecified atom stereocenters. The Labute approximate surface area is 104 Å². The van der Waals surface area contributed by atoms with Crippen molar-refractivity contribution in [2.75, 3.05) is 7.11 Å². The summed E-state index contributed by atoms with van der Waals surface area (Å²) in [6.07, 6.45) is 1.87. The van der Waals surface area contributed by atoms with Gasteiger partial charge in [-0.1, -0.05) is 6.07 Å². The second-order valence-corrected chi connectivity index (χ2v) is 4.84. The van der Waals surface area contributed by atoms with Crippen LogP contribution in [0.25, 0.3) is 0 Å². The quantitative estimate of drug-likeness (QED) is 0.825. The number of methoxy groups -OCH3 is 1. The van der Waals surface area contributed by atoms with Crippen molar-refractivity contribution in [1.29, 1.82) is 0 Å². The van der Waals surface area contributed by atoms with Gasteiger partial charge < -0.3 is 16.2 Å². The summed E-state index contributed by atoms with van der Waals surface area (Å²) in [6, 6.07) is 4.45. The molecule has 0 fully saturated rings. The Morgan fingerprint density at radius 3 is 2.29 bits per heavy atom. The monoisotopic (exact) mass is 236 g/mol. The molecular formula is C14H24N2O. The van der Waals surface area contributed by atoms with Gasteiger partial charge in [0.05, 0.1) is 7.11 Å². The zero-order chi connectivity index (χ0) is 13.0. The topological polar surface area (TPSA) is 61.3 Å². The Balaban J connectivity index is 2.86. The van der Waals surface area contributed by atoms with Gasteiger partial charge in [0, 0.05) is 12.1 Å². The minimum absolute atomic E-state index is 0.0607. The van der Waals surface area contributed by atoms with Crippen molar-refractivity contribution in [3.8, 4) is 5.75 Å². The van der Waals surface area contributed by atoms with Gasteiger partial charge in [-0.15, -0.1) is 0 Å². The Bertz CT molecular complexity index is 375. The van der Waals surface area contributed by atoms with Gasteiger partial charge in [0.2, 0.25) is 0 Å².